The number of rotatable bonds is 5. The largest absolute Gasteiger partial charge is 0.478 e. The molecule has 0 fully saturated rings. The highest BCUT2D eigenvalue weighted by Gasteiger charge is 2.15. The van der Waals surface area contributed by atoms with Gasteiger partial charge in [-0.05, 0) is 23.6 Å². The molecule has 0 bridgehead atoms. The molecule has 0 aromatic heterocycles. The first kappa shape index (κ1) is 14.0. The Morgan fingerprint density at radius 3 is 2.25 bits per heavy atom. The van der Waals surface area contributed by atoms with E-state index in [1.165, 1.54) is 11.6 Å². The van der Waals surface area contributed by atoms with Crippen molar-refractivity contribution in [2.75, 3.05) is 0 Å². The normalized spacial score (nSPS) is 10.2. The lowest BCUT2D eigenvalue weighted by molar-refractivity contribution is 0.0692. The van der Waals surface area contributed by atoms with E-state index in [9.17, 15) is 9.59 Å². The van der Waals surface area contributed by atoms with Gasteiger partial charge >= 0.3 is 5.97 Å². The molecule has 0 radical (unpaired) electrons. The van der Waals surface area contributed by atoms with Gasteiger partial charge in [0.1, 0.15) is 0 Å². The minimum atomic E-state index is -1.07. The van der Waals surface area contributed by atoms with E-state index in [0.29, 0.717) is 0 Å². The van der Waals surface area contributed by atoms with Gasteiger partial charge in [0.05, 0.1) is 5.56 Å². The molecule has 3 heteroatoms. The van der Waals surface area contributed by atoms with Crippen LogP contribution in [0.15, 0.2) is 48.5 Å². The summed E-state index contributed by atoms with van der Waals surface area (Å²) in [6.07, 6.45) is 1.13. The number of carboxylic acid groups (broad SMARTS) is 1. The quantitative estimate of drug-likeness (QED) is 0.846. The topological polar surface area (TPSA) is 54.4 Å². The monoisotopic (exact) mass is 268 g/mol. The maximum absolute atomic E-state index is 12.3. The summed E-state index contributed by atoms with van der Waals surface area (Å²) < 4.78 is 0. The zero-order chi connectivity index (χ0) is 14.5. The van der Waals surface area contributed by atoms with Crippen LogP contribution in [0.2, 0.25) is 0 Å². The molecule has 102 valence electrons. The summed E-state index contributed by atoms with van der Waals surface area (Å²) in [6, 6.07) is 14.1. The minimum absolute atomic E-state index is 0.0594. The second kappa shape index (κ2) is 6.15. The average Bonchev–Trinajstić information content (AvgIpc) is 2.47. The first-order chi connectivity index (χ1) is 9.61. The predicted octanol–water partition coefficient (Wildman–Crippen LogP) is 3.37. The van der Waals surface area contributed by atoms with E-state index in [0.717, 1.165) is 12.0 Å². The molecule has 0 aliphatic heterocycles. The van der Waals surface area contributed by atoms with E-state index < -0.39 is 5.97 Å². The van der Waals surface area contributed by atoms with Crippen molar-refractivity contribution in [3.63, 3.8) is 0 Å². The molecule has 0 saturated carbocycles. The number of carboxylic acids is 1. The first-order valence-electron chi connectivity index (χ1n) is 6.55. The third-order valence-corrected chi connectivity index (χ3v) is 3.22. The fourth-order valence-electron chi connectivity index (χ4n) is 2.15. The van der Waals surface area contributed by atoms with Crippen LogP contribution in [0.5, 0.6) is 0 Å². The molecular weight excluding hydrogens is 252 g/mol. The van der Waals surface area contributed by atoms with Gasteiger partial charge in [0, 0.05) is 12.0 Å². The van der Waals surface area contributed by atoms with Gasteiger partial charge in [0.2, 0.25) is 0 Å². The second-order valence-corrected chi connectivity index (χ2v) is 4.62. The summed E-state index contributed by atoms with van der Waals surface area (Å²) in [6.45, 7) is 2.06. The molecule has 1 N–H and O–H groups in total. The van der Waals surface area contributed by atoms with Gasteiger partial charge in [-0.3, -0.25) is 4.79 Å². The highest BCUT2D eigenvalue weighted by Crippen LogP contribution is 2.14. The van der Waals surface area contributed by atoms with Crippen molar-refractivity contribution >= 4 is 11.8 Å². The number of hydrogen-bond acceptors (Lipinski definition) is 2. The lowest BCUT2D eigenvalue weighted by atomic mass is 9.97. The van der Waals surface area contributed by atoms with E-state index in [1.54, 1.807) is 18.2 Å². The molecule has 2 aromatic carbocycles. The fraction of sp³-hybridized carbons (Fsp3) is 0.176. The molecule has 3 nitrogen and oxygen atoms in total. The summed E-state index contributed by atoms with van der Waals surface area (Å²) in [4.78, 5) is 23.4. The Bertz CT molecular complexity index is 644. The first-order valence-corrected chi connectivity index (χ1v) is 6.55. The molecule has 0 saturated heterocycles. The number of carbonyl (C=O) groups excluding carboxylic acids is 1. The van der Waals surface area contributed by atoms with Crippen molar-refractivity contribution in [1.29, 1.82) is 0 Å². The van der Waals surface area contributed by atoms with Gasteiger partial charge in [-0.1, -0.05) is 49.4 Å². The van der Waals surface area contributed by atoms with Gasteiger partial charge < -0.3 is 5.11 Å². The molecule has 0 atom stereocenters. The van der Waals surface area contributed by atoms with E-state index in [4.69, 9.17) is 5.11 Å². The summed E-state index contributed by atoms with van der Waals surface area (Å²) in [5.74, 6) is -1.24. The van der Waals surface area contributed by atoms with Crippen molar-refractivity contribution in [1.82, 2.24) is 0 Å². The summed E-state index contributed by atoms with van der Waals surface area (Å²) in [5, 5.41) is 9.11. The van der Waals surface area contributed by atoms with Gasteiger partial charge in [-0.15, -0.1) is 0 Å². The van der Waals surface area contributed by atoms with Crippen LogP contribution in [0.3, 0.4) is 0 Å². The van der Waals surface area contributed by atoms with Crippen molar-refractivity contribution in [3.8, 4) is 0 Å². The highest BCUT2D eigenvalue weighted by molar-refractivity contribution is 6.06. The number of carbonyl (C=O) groups is 2. The number of benzene rings is 2. The van der Waals surface area contributed by atoms with Crippen LogP contribution in [0.1, 0.15) is 38.8 Å². The van der Waals surface area contributed by atoms with E-state index in [2.05, 4.69) is 6.92 Å². The number of aryl methyl sites for hydroxylation is 1. The Labute approximate surface area is 117 Å². The number of hydrogen-bond donors (Lipinski definition) is 1. The predicted molar refractivity (Wildman–Crippen MR) is 77.3 cm³/mol. The molecule has 20 heavy (non-hydrogen) atoms. The van der Waals surface area contributed by atoms with Crippen LogP contribution >= 0.6 is 0 Å². The Balaban J connectivity index is 2.26. The second-order valence-electron chi connectivity index (χ2n) is 4.62. The lowest BCUT2D eigenvalue weighted by Crippen LogP contribution is -2.10. The van der Waals surface area contributed by atoms with Crippen LogP contribution in [-0.2, 0) is 12.8 Å². The molecule has 0 unspecified atom stereocenters. The van der Waals surface area contributed by atoms with Crippen LogP contribution in [0.4, 0.5) is 0 Å². The summed E-state index contributed by atoms with van der Waals surface area (Å²) in [5.41, 5.74) is 2.41. The Morgan fingerprint density at radius 1 is 0.950 bits per heavy atom. The third kappa shape index (κ3) is 3.12. The SMILES string of the molecule is CCc1cccc(CC(=O)c2ccccc2C(=O)O)c1. The van der Waals surface area contributed by atoms with Crippen molar-refractivity contribution in [2.24, 2.45) is 0 Å². The average molecular weight is 268 g/mol. The highest BCUT2D eigenvalue weighted by atomic mass is 16.4. The maximum Gasteiger partial charge on any atom is 0.336 e. The molecule has 0 aliphatic carbocycles. The molecular formula is C17H16O3. The van der Waals surface area contributed by atoms with E-state index in [-0.39, 0.29) is 23.3 Å². The van der Waals surface area contributed by atoms with Gasteiger partial charge in [-0.25, -0.2) is 4.79 Å². The molecule has 0 aliphatic rings. The van der Waals surface area contributed by atoms with Gasteiger partial charge in [-0.2, -0.15) is 0 Å². The Hall–Kier alpha value is -2.42. The molecule has 0 spiro atoms. The molecule has 0 amide bonds. The minimum Gasteiger partial charge on any atom is -0.478 e. The third-order valence-electron chi connectivity index (χ3n) is 3.22. The molecule has 2 aromatic rings. The van der Waals surface area contributed by atoms with Crippen molar-refractivity contribution < 1.29 is 14.7 Å². The smallest absolute Gasteiger partial charge is 0.336 e. The van der Waals surface area contributed by atoms with E-state index >= 15 is 0 Å². The van der Waals surface area contributed by atoms with E-state index in [1.807, 2.05) is 24.3 Å². The standard InChI is InChI=1S/C17H16O3/c1-2-12-6-5-7-13(10-12)11-16(18)14-8-3-4-9-15(14)17(19)20/h3-10H,2,11H2,1H3,(H,19,20). The summed E-state index contributed by atoms with van der Waals surface area (Å²) in [7, 11) is 0. The molecule has 2 rings (SSSR count). The van der Waals surface area contributed by atoms with Gasteiger partial charge in [0.15, 0.2) is 5.78 Å². The number of aromatic carboxylic acids is 1. The van der Waals surface area contributed by atoms with Gasteiger partial charge in [0.25, 0.3) is 0 Å². The zero-order valence-electron chi connectivity index (χ0n) is 11.3. The van der Waals surface area contributed by atoms with Crippen molar-refractivity contribution in [2.45, 2.75) is 19.8 Å². The maximum atomic E-state index is 12.3. The Kier molecular flexibility index (Phi) is 4.31. The van der Waals surface area contributed by atoms with Crippen molar-refractivity contribution in [3.05, 3.63) is 70.8 Å². The number of Topliss-reactive ketones (excluding diaryl/α,β-unsaturated/α-hetero) is 1. The number of ketones is 1. The Morgan fingerprint density at radius 2 is 1.60 bits per heavy atom. The molecule has 0 heterocycles. The van der Waals surface area contributed by atoms with Crippen LogP contribution in [-0.4, -0.2) is 16.9 Å². The van der Waals surface area contributed by atoms with Crippen LogP contribution < -0.4 is 0 Å². The summed E-state index contributed by atoms with van der Waals surface area (Å²) >= 11 is 0. The fourth-order valence-corrected chi connectivity index (χ4v) is 2.15. The van der Waals surface area contributed by atoms with Crippen LogP contribution in [0.25, 0.3) is 0 Å². The van der Waals surface area contributed by atoms with Crippen LogP contribution in [0, 0.1) is 0 Å². The zero-order valence-corrected chi connectivity index (χ0v) is 11.3. The lowest BCUT2D eigenvalue weighted by Gasteiger charge is -2.06.